The third kappa shape index (κ3) is 4.92. The summed E-state index contributed by atoms with van der Waals surface area (Å²) in [7, 11) is -3.87. The van der Waals surface area contributed by atoms with Crippen LogP contribution < -0.4 is 20.3 Å². The van der Waals surface area contributed by atoms with Gasteiger partial charge in [-0.15, -0.1) is 0 Å². The van der Waals surface area contributed by atoms with Gasteiger partial charge in [-0.25, -0.2) is 8.42 Å². The number of benzene rings is 2. The van der Waals surface area contributed by atoms with Crippen molar-refractivity contribution < 1.29 is 27.5 Å². The average Bonchev–Trinajstić information content (AvgIpc) is 2.77. The summed E-state index contributed by atoms with van der Waals surface area (Å²) in [5.74, 6) is -0.381. The number of ether oxygens (including phenoxy) is 2. The molecule has 2 aromatic rings. The standard InChI is InChI=1S/C20H22ClN3O6S/c1-3-24(4-2)31(27,28)18-11-13(9-10-14(18)21)19(25)22-23-20(26)17-12-29-15-7-5-6-8-16(15)30-17/h5-11,17H,3-4,12H2,1-2H3,(H,22,25)(H,23,26). The van der Waals surface area contributed by atoms with Crippen LogP contribution in [-0.4, -0.2) is 50.3 Å². The quantitative estimate of drug-likeness (QED) is 0.628. The normalized spacial score (nSPS) is 15.4. The smallest absolute Gasteiger partial charge is 0.283 e. The van der Waals surface area contributed by atoms with E-state index in [0.29, 0.717) is 11.5 Å². The molecule has 3 rings (SSSR count). The van der Waals surface area contributed by atoms with E-state index in [0.717, 1.165) is 0 Å². The Morgan fingerprint density at radius 2 is 1.77 bits per heavy atom. The van der Waals surface area contributed by atoms with Gasteiger partial charge in [0.15, 0.2) is 11.5 Å². The van der Waals surface area contributed by atoms with Crippen LogP contribution in [-0.2, 0) is 14.8 Å². The van der Waals surface area contributed by atoms with Crippen molar-refractivity contribution in [2.45, 2.75) is 24.8 Å². The fourth-order valence-corrected chi connectivity index (χ4v) is 4.92. The lowest BCUT2D eigenvalue weighted by Gasteiger charge is -2.25. The molecule has 9 nitrogen and oxygen atoms in total. The van der Waals surface area contributed by atoms with Gasteiger partial charge in [-0.2, -0.15) is 4.31 Å². The second-order valence-corrected chi connectivity index (χ2v) is 8.86. The third-order valence-electron chi connectivity index (χ3n) is 4.62. The first-order valence-electron chi connectivity index (χ1n) is 9.56. The van der Waals surface area contributed by atoms with Crippen molar-refractivity contribution in [1.82, 2.24) is 15.2 Å². The molecule has 0 spiro atoms. The number of carbonyl (C=O) groups excluding carboxylic acids is 2. The van der Waals surface area contributed by atoms with Gasteiger partial charge in [0.2, 0.25) is 16.1 Å². The van der Waals surface area contributed by atoms with E-state index in [-0.39, 0.29) is 35.2 Å². The van der Waals surface area contributed by atoms with Crippen molar-refractivity contribution in [2.24, 2.45) is 0 Å². The molecule has 1 atom stereocenters. The summed E-state index contributed by atoms with van der Waals surface area (Å²) < 4.78 is 37.8. The number of nitrogens with zero attached hydrogens (tertiary/aromatic N) is 1. The lowest BCUT2D eigenvalue weighted by molar-refractivity contribution is -0.131. The number of halogens is 1. The van der Waals surface area contributed by atoms with Gasteiger partial charge in [-0.1, -0.05) is 37.6 Å². The molecule has 166 valence electrons. The molecule has 1 aliphatic heterocycles. The number of fused-ring (bicyclic) bond motifs is 1. The van der Waals surface area contributed by atoms with E-state index < -0.39 is 27.9 Å². The average molecular weight is 468 g/mol. The Morgan fingerprint density at radius 1 is 1.10 bits per heavy atom. The Kier molecular flexibility index (Phi) is 7.04. The largest absolute Gasteiger partial charge is 0.485 e. The number of carbonyl (C=O) groups is 2. The maximum Gasteiger partial charge on any atom is 0.283 e. The van der Waals surface area contributed by atoms with Gasteiger partial charge < -0.3 is 9.47 Å². The highest BCUT2D eigenvalue weighted by atomic mass is 35.5. The number of sulfonamides is 1. The van der Waals surface area contributed by atoms with E-state index >= 15 is 0 Å². The first kappa shape index (κ1) is 22.9. The van der Waals surface area contributed by atoms with Gasteiger partial charge in [-0.3, -0.25) is 20.4 Å². The molecule has 2 amide bonds. The predicted molar refractivity (Wildman–Crippen MR) is 114 cm³/mol. The van der Waals surface area contributed by atoms with Gasteiger partial charge in [0.25, 0.3) is 11.8 Å². The molecule has 0 aromatic heterocycles. The van der Waals surface area contributed by atoms with Gasteiger partial charge >= 0.3 is 0 Å². The highest BCUT2D eigenvalue weighted by Crippen LogP contribution is 2.31. The summed E-state index contributed by atoms with van der Waals surface area (Å²) in [6.07, 6.45) is -0.959. The summed E-state index contributed by atoms with van der Waals surface area (Å²) in [5.41, 5.74) is 4.53. The van der Waals surface area contributed by atoms with Crippen molar-refractivity contribution in [3.8, 4) is 11.5 Å². The van der Waals surface area contributed by atoms with E-state index in [9.17, 15) is 18.0 Å². The SMILES string of the molecule is CCN(CC)S(=O)(=O)c1cc(C(=O)NNC(=O)C2COc3ccccc3O2)ccc1Cl. The molecule has 0 aliphatic carbocycles. The van der Waals surface area contributed by atoms with Crippen LogP contribution in [0.25, 0.3) is 0 Å². The molecule has 1 aliphatic rings. The van der Waals surface area contributed by atoms with E-state index in [1.165, 1.54) is 22.5 Å². The van der Waals surface area contributed by atoms with Crippen molar-refractivity contribution in [3.63, 3.8) is 0 Å². The van der Waals surface area contributed by atoms with E-state index in [1.807, 2.05) is 0 Å². The number of hydrogen-bond acceptors (Lipinski definition) is 6. The molecule has 2 N–H and O–H groups in total. The molecule has 2 aromatic carbocycles. The van der Waals surface area contributed by atoms with Crippen molar-refractivity contribution in [1.29, 1.82) is 0 Å². The lowest BCUT2D eigenvalue weighted by Crippen LogP contribution is -2.50. The van der Waals surface area contributed by atoms with Gasteiger partial charge in [0, 0.05) is 18.7 Å². The first-order chi connectivity index (χ1) is 14.8. The fourth-order valence-electron chi connectivity index (χ4n) is 2.96. The molecule has 1 unspecified atom stereocenters. The van der Waals surface area contributed by atoms with E-state index in [4.69, 9.17) is 21.1 Å². The van der Waals surface area contributed by atoms with Gasteiger partial charge in [0.1, 0.15) is 11.5 Å². The Hall–Kier alpha value is -2.82. The second-order valence-electron chi connectivity index (χ2n) is 6.54. The lowest BCUT2D eigenvalue weighted by atomic mass is 10.2. The molecule has 0 saturated carbocycles. The minimum atomic E-state index is -3.87. The Morgan fingerprint density at radius 3 is 2.45 bits per heavy atom. The zero-order valence-electron chi connectivity index (χ0n) is 16.9. The Bertz CT molecular complexity index is 1090. The minimum absolute atomic E-state index is 0.00101. The van der Waals surface area contributed by atoms with Crippen molar-refractivity contribution >= 4 is 33.4 Å². The van der Waals surface area contributed by atoms with Crippen LogP contribution in [0, 0.1) is 0 Å². The number of amides is 2. The van der Waals surface area contributed by atoms with Crippen LogP contribution in [0.1, 0.15) is 24.2 Å². The minimum Gasteiger partial charge on any atom is -0.485 e. The number of rotatable bonds is 6. The molecule has 0 fully saturated rings. The maximum absolute atomic E-state index is 12.8. The van der Waals surface area contributed by atoms with Crippen LogP contribution in [0.4, 0.5) is 0 Å². The summed E-state index contributed by atoms with van der Waals surface area (Å²) in [5, 5.41) is -0.00101. The predicted octanol–water partition coefficient (Wildman–Crippen LogP) is 1.97. The van der Waals surface area contributed by atoms with Crippen LogP contribution in [0.15, 0.2) is 47.4 Å². The van der Waals surface area contributed by atoms with Gasteiger partial charge in [0.05, 0.1) is 5.02 Å². The number of para-hydroxylation sites is 2. The van der Waals surface area contributed by atoms with Crippen molar-refractivity contribution in [3.05, 3.63) is 53.1 Å². The zero-order chi connectivity index (χ0) is 22.6. The maximum atomic E-state index is 12.8. The fraction of sp³-hybridized carbons (Fsp3) is 0.300. The third-order valence-corrected chi connectivity index (χ3v) is 7.15. The van der Waals surface area contributed by atoms with Crippen LogP contribution in [0.5, 0.6) is 11.5 Å². The summed E-state index contributed by atoms with van der Waals surface area (Å²) >= 11 is 6.08. The summed E-state index contributed by atoms with van der Waals surface area (Å²) in [6.45, 7) is 3.90. The Labute approximate surface area is 185 Å². The molecule has 31 heavy (non-hydrogen) atoms. The first-order valence-corrected chi connectivity index (χ1v) is 11.4. The summed E-state index contributed by atoms with van der Waals surface area (Å²) in [4.78, 5) is 24.6. The molecular formula is C20H22ClN3O6S. The Balaban J connectivity index is 1.68. The van der Waals surface area contributed by atoms with Gasteiger partial charge in [-0.05, 0) is 30.3 Å². The molecule has 0 radical (unpaired) electrons. The topological polar surface area (TPSA) is 114 Å². The molecule has 1 heterocycles. The van der Waals surface area contributed by atoms with Crippen LogP contribution in [0.2, 0.25) is 5.02 Å². The van der Waals surface area contributed by atoms with Crippen LogP contribution in [0.3, 0.4) is 0 Å². The molecule has 11 heteroatoms. The molecule has 0 saturated heterocycles. The summed E-state index contributed by atoms with van der Waals surface area (Å²) in [6, 6.07) is 10.8. The molecular weight excluding hydrogens is 446 g/mol. The van der Waals surface area contributed by atoms with E-state index in [1.54, 1.807) is 38.1 Å². The van der Waals surface area contributed by atoms with Crippen molar-refractivity contribution in [2.75, 3.05) is 19.7 Å². The second kappa shape index (κ2) is 9.54. The van der Waals surface area contributed by atoms with E-state index in [2.05, 4.69) is 10.9 Å². The van der Waals surface area contributed by atoms with Crippen LogP contribution >= 0.6 is 11.6 Å². The number of hydrogen-bond donors (Lipinski definition) is 2. The zero-order valence-corrected chi connectivity index (χ0v) is 18.5. The molecule has 0 bridgehead atoms. The highest BCUT2D eigenvalue weighted by molar-refractivity contribution is 7.89. The monoisotopic (exact) mass is 467 g/mol. The highest BCUT2D eigenvalue weighted by Gasteiger charge is 2.28. The number of hydrazine groups is 1. The number of nitrogens with one attached hydrogen (secondary N) is 2.